The summed E-state index contributed by atoms with van der Waals surface area (Å²) in [6.07, 6.45) is 64.9. The number of aliphatic hydroxyl groups excluding tert-OH is 1. The molecule has 2 unspecified atom stereocenters. The lowest BCUT2D eigenvalue weighted by Gasteiger charge is -2.21. The molecule has 0 rings (SSSR count). The third-order valence-corrected chi connectivity index (χ3v) is 20.5. The lowest BCUT2D eigenvalue weighted by Crippen LogP contribution is -2.30. The van der Waals surface area contributed by atoms with E-state index < -0.39 is 97.5 Å². The number of unbranched alkanes of at least 4 members (excludes halogenated alkanes) is 54. The van der Waals surface area contributed by atoms with E-state index in [4.69, 9.17) is 37.0 Å². The van der Waals surface area contributed by atoms with Gasteiger partial charge in [0.15, 0.2) is 12.2 Å². The summed E-state index contributed by atoms with van der Waals surface area (Å²) < 4.78 is 68.7. The van der Waals surface area contributed by atoms with E-state index in [1.165, 1.54) is 257 Å². The van der Waals surface area contributed by atoms with Crippen molar-refractivity contribution in [2.45, 2.75) is 444 Å². The maximum Gasteiger partial charge on any atom is 0.472 e. The van der Waals surface area contributed by atoms with E-state index in [0.29, 0.717) is 25.7 Å². The van der Waals surface area contributed by atoms with E-state index in [1.807, 2.05) is 0 Å². The van der Waals surface area contributed by atoms with Crippen LogP contribution < -0.4 is 0 Å². The smallest absolute Gasteiger partial charge is 0.462 e. The van der Waals surface area contributed by atoms with Gasteiger partial charge in [-0.25, -0.2) is 9.13 Å². The fourth-order valence-electron chi connectivity index (χ4n) is 12.3. The van der Waals surface area contributed by atoms with Crippen LogP contribution in [0.15, 0.2) is 0 Å². The normalized spacial score (nSPS) is 13.8. The molecular formula is C79H154O17P2. The minimum absolute atomic E-state index is 0.109. The highest BCUT2D eigenvalue weighted by Gasteiger charge is 2.30. The van der Waals surface area contributed by atoms with Crippen LogP contribution in [0.5, 0.6) is 0 Å². The summed E-state index contributed by atoms with van der Waals surface area (Å²) >= 11 is 0. The van der Waals surface area contributed by atoms with Gasteiger partial charge in [0.25, 0.3) is 0 Å². The molecule has 17 nitrogen and oxygen atoms in total. The number of carbonyl (C=O) groups excluding carboxylic acids is 4. The van der Waals surface area contributed by atoms with Crippen LogP contribution in [-0.4, -0.2) is 96.7 Å². The predicted molar refractivity (Wildman–Crippen MR) is 400 cm³/mol. The highest BCUT2D eigenvalue weighted by molar-refractivity contribution is 7.47. The maximum absolute atomic E-state index is 13.1. The Morgan fingerprint density at radius 2 is 0.408 bits per heavy atom. The van der Waals surface area contributed by atoms with Gasteiger partial charge in [-0.2, -0.15) is 0 Å². The van der Waals surface area contributed by atoms with Gasteiger partial charge in [-0.3, -0.25) is 37.3 Å². The lowest BCUT2D eigenvalue weighted by atomic mass is 10.0. The molecule has 3 N–H and O–H groups in total. The Bertz CT molecular complexity index is 1860. The zero-order valence-corrected chi connectivity index (χ0v) is 65.6. The van der Waals surface area contributed by atoms with Gasteiger partial charge in [-0.05, 0) is 25.7 Å². The van der Waals surface area contributed by atoms with Crippen molar-refractivity contribution in [1.82, 2.24) is 0 Å². The Morgan fingerprint density at radius 1 is 0.245 bits per heavy atom. The lowest BCUT2D eigenvalue weighted by molar-refractivity contribution is -0.161. The summed E-state index contributed by atoms with van der Waals surface area (Å²) in [5, 5.41) is 10.6. The van der Waals surface area contributed by atoms with Gasteiger partial charge in [0.05, 0.1) is 26.4 Å². The molecule has 0 aliphatic heterocycles. The average molecular weight is 1440 g/mol. The number of rotatable bonds is 80. The van der Waals surface area contributed by atoms with Crippen LogP contribution in [-0.2, 0) is 65.4 Å². The molecule has 98 heavy (non-hydrogen) atoms. The first kappa shape index (κ1) is 96.1. The number of phosphoric ester groups is 2. The van der Waals surface area contributed by atoms with Crippen LogP contribution in [0.3, 0.4) is 0 Å². The number of esters is 4. The molecule has 0 aliphatic carbocycles. The first-order valence-electron chi connectivity index (χ1n) is 41.3. The SMILES string of the molecule is CCCCCCCCCCCCCCCCCCCC(=O)O[C@H](COC(=O)CCCCCCCCCCCCCCC)COP(=O)(O)OC[C@H](O)COP(=O)(O)OC[C@@H](COC(=O)CCCCCCCCCCCCCCC)OC(=O)CCCCCCCCCCCCCCCCC. The molecule has 0 bridgehead atoms. The Morgan fingerprint density at radius 3 is 0.602 bits per heavy atom. The second-order valence-corrected chi connectivity index (χ2v) is 31.4. The summed E-state index contributed by atoms with van der Waals surface area (Å²) in [5.74, 6) is -2.10. The van der Waals surface area contributed by atoms with E-state index in [1.54, 1.807) is 0 Å². The van der Waals surface area contributed by atoms with Crippen LogP contribution >= 0.6 is 15.6 Å². The molecule has 0 aromatic carbocycles. The van der Waals surface area contributed by atoms with E-state index in [-0.39, 0.29) is 25.7 Å². The molecule has 0 spiro atoms. The minimum Gasteiger partial charge on any atom is -0.462 e. The van der Waals surface area contributed by atoms with Crippen molar-refractivity contribution in [3.05, 3.63) is 0 Å². The molecule has 19 heteroatoms. The molecule has 0 aliphatic rings. The summed E-state index contributed by atoms with van der Waals surface area (Å²) in [4.78, 5) is 73.0. The molecule has 0 aromatic heterocycles. The van der Waals surface area contributed by atoms with E-state index >= 15 is 0 Å². The summed E-state index contributed by atoms with van der Waals surface area (Å²) in [5.41, 5.74) is 0. The average Bonchev–Trinajstić information content (AvgIpc) is 1.05. The van der Waals surface area contributed by atoms with Crippen LogP contribution in [0.25, 0.3) is 0 Å². The number of hydrogen-bond donors (Lipinski definition) is 3. The summed E-state index contributed by atoms with van der Waals surface area (Å²) in [6, 6.07) is 0. The van der Waals surface area contributed by atoms with Gasteiger partial charge in [0.1, 0.15) is 19.3 Å². The molecule has 0 heterocycles. The van der Waals surface area contributed by atoms with Crippen molar-refractivity contribution < 1.29 is 80.2 Å². The third-order valence-electron chi connectivity index (χ3n) is 18.6. The summed E-state index contributed by atoms with van der Waals surface area (Å²) in [6.45, 7) is 5.03. The third kappa shape index (κ3) is 72.4. The van der Waals surface area contributed by atoms with Crippen LogP contribution in [0.2, 0.25) is 0 Å². The highest BCUT2D eigenvalue weighted by atomic mass is 31.2. The predicted octanol–water partition coefficient (Wildman–Crippen LogP) is 23.8. The molecule has 5 atom stereocenters. The topological polar surface area (TPSA) is 237 Å². The number of ether oxygens (including phenoxy) is 4. The quantitative estimate of drug-likeness (QED) is 0.0222. The van der Waals surface area contributed by atoms with Crippen molar-refractivity contribution in [1.29, 1.82) is 0 Å². The Kier molecular flexibility index (Phi) is 71.9. The van der Waals surface area contributed by atoms with Gasteiger partial charge in [-0.15, -0.1) is 0 Å². The molecule has 0 fully saturated rings. The zero-order chi connectivity index (χ0) is 71.8. The molecule has 0 radical (unpaired) electrons. The largest absolute Gasteiger partial charge is 0.472 e. The molecule has 0 aromatic rings. The van der Waals surface area contributed by atoms with E-state index in [0.717, 1.165) is 89.9 Å². The van der Waals surface area contributed by atoms with Gasteiger partial charge in [0.2, 0.25) is 0 Å². The number of hydrogen-bond acceptors (Lipinski definition) is 15. The number of aliphatic hydroxyl groups is 1. The van der Waals surface area contributed by atoms with Gasteiger partial charge >= 0.3 is 39.5 Å². The first-order chi connectivity index (χ1) is 47.7. The molecule has 0 amide bonds. The maximum atomic E-state index is 13.1. The Hall–Kier alpha value is -1.94. The van der Waals surface area contributed by atoms with Crippen molar-refractivity contribution >= 4 is 39.5 Å². The van der Waals surface area contributed by atoms with Crippen LogP contribution in [0.4, 0.5) is 0 Å². The monoisotopic (exact) mass is 1440 g/mol. The highest BCUT2D eigenvalue weighted by Crippen LogP contribution is 2.45. The van der Waals surface area contributed by atoms with Crippen molar-refractivity contribution in [3.63, 3.8) is 0 Å². The standard InChI is InChI=1S/C79H154O17P2/c1-5-9-13-17-21-25-29-33-35-36-38-42-46-50-54-58-62-66-79(84)96-75(70-90-77(82)64-60-56-52-48-44-40-32-28-24-20-16-12-8-4)72-94-98(87,88)92-68-73(80)67-91-97(85,86)93-71-74(69-89-76(81)63-59-55-51-47-43-39-31-27-23-19-15-11-7-3)95-78(83)65-61-57-53-49-45-41-37-34-30-26-22-18-14-10-6-2/h73-75,80H,5-72H2,1-4H3,(H,85,86)(H,87,88)/t73-,74-,75-/m1/s1. The second-order valence-electron chi connectivity index (χ2n) is 28.5. The molecule has 0 saturated heterocycles. The van der Waals surface area contributed by atoms with Crippen molar-refractivity contribution in [3.8, 4) is 0 Å². The van der Waals surface area contributed by atoms with E-state index in [9.17, 15) is 43.2 Å². The summed E-state index contributed by atoms with van der Waals surface area (Å²) in [7, 11) is -9.91. The van der Waals surface area contributed by atoms with E-state index in [2.05, 4.69) is 27.7 Å². The Labute approximate surface area is 600 Å². The molecule has 582 valence electrons. The van der Waals surface area contributed by atoms with Gasteiger partial charge in [0, 0.05) is 25.7 Å². The molecule has 0 saturated carbocycles. The fourth-order valence-corrected chi connectivity index (χ4v) is 13.9. The van der Waals surface area contributed by atoms with Crippen LogP contribution in [0, 0.1) is 0 Å². The Balaban J connectivity index is 5.26. The number of phosphoric acid groups is 2. The van der Waals surface area contributed by atoms with Crippen molar-refractivity contribution in [2.24, 2.45) is 0 Å². The first-order valence-corrected chi connectivity index (χ1v) is 44.3. The van der Waals surface area contributed by atoms with Crippen LogP contribution in [0.1, 0.15) is 426 Å². The second kappa shape index (κ2) is 73.4. The fraction of sp³-hybridized carbons (Fsp3) is 0.949. The minimum atomic E-state index is -4.96. The molecular weight excluding hydrogens is 1280 g/mol. The zero-order valence-electron chi connectivity index (χ0n) is 63.8. The van der Waals surface area contributed by atoms with Crippen molar-refractivity contribution in [2.75, 3.05) is 39.6 Å². The van der Waals surface area contributed by atoms with Gasteiger partial charge in [-0.1, -0.05) is 374 Å². The van der Waals surface area contributed by atoms with Gasteiger partial charge < -0.3 is 33.8 Å². The number of carbonyl (C=O) groups is 4.